The van der Waals surface area contributed by atoms with Gasteiger partial charge in [0.1, 0.15) is 6.10 Å². The van der Waals surface area contributed by atoms with Gasteiger partial charge in [-0.3, -0.25) is 4.79 Å². The number of rotatable bonds is 4. The minimum Gasteiger partial charge on any atom is -0.367 e. The number of ether oxygens (including phenoxy) is 1. The van der Waals surface area contributed by atoms with Gasteiger partial charge in [-0.1, -0.05) is 19.1 Å². The van der Waals surface area contributed by atoms with Gasteiger partial charge in [0, 0.05) is 23.5 Å². The summed E-state index contributed by atoms with van der Waals surface area (Å²) in [6.45, 7) is 4.17. The van der Waals surface area contributed by atoms with Gasteiger partial charge >= 0.3 is 0 Å². The normalized spacial score (nSPS) is 20.2. The number of ketones is 1. The maximum absolute atomic E-state index is 12.1. The summed E-state index contributed by atoms with van der Waals surface area (Å²) < 4.78 is 5.45. The molecule has 0 bridgehead atoms. The average molecular weight is 251 g/mol. The molecular formula is C13H17NO2S. The number of benzene rings is 1. The predicted molar refractivity (Wildman–Crippen MR) is 69.8 cm³/mol. The lowest BCUT2D eigenvalue weighted by molar-refractivity contribution is 0.0269. The van der Waals surface area contributed by atoms with Crippen LogP contribution >= 0.6 is 11.8 Å². The molecule has 0 amide bonds. The molecule has 92 valence electrons. The Morgan fingerprint density at radius 1 is 1.47 bits per heavy atom. The Balaban J connectivity index is 2.03. The molecule has 1 aliphatic rings. The van der Waals surface area contributed by atoms with Crippen molar-refractivity contribution in [2.45, 2.75) is 17.9 Å². The highest BCUT2D eigenvalue weighted by molar-refractivity contribution is 7.99. The highest BCUT2D eigenvalue weighted by atomic mass is 32.2. The molecule has 17 heavy (non-hydrogen) atoms. The van der Waals surface area contributed by atoms with E-state index in [1.54, 1.807) is 11.8 Å². The molecule has 1 atom stereocenters. The summed E-state index contributed by atoms with van der Waals surface area (Å²) in [5.74, 6) is 1.12. The Bertz CT molecular complexity index is 372. The van der Waals surface area contributed by atoms with Gasteiger partial charge in [0.2, 0.25) is 0 Å². The van der Waals surface area contributed by atoms with Crippen molar-refractivity contribution < 1.29 is 9.53 Å². The number of thioether (sulfide) groups is 1. The van der Waals surface area contributed by atoms with E-state index in [-0.39, 0.29) is 11.9 Å². The van der Waals surface area contributed by atoms with E-state index < -0.39 is 0 Å². The lowest BCUT2D eigenvalue weighted by atomic mass is 10.1. The molecule has 0 saturated carbocycles. The fourth-order valence-corrected chi connectivity index (χ4v) is 2.46. The van der Waals surface area contributed by atoms with Crippen molar-refractivity contribution in [3.8, 4) is 0 Å². The molecule has 1 aromatic rings. The number of carbonyl (C=O) groups is 1. The lowest BCUT2D eigenvalue weighted by Gasteiger charge is -2.22. The minimum absolute atomic E-state index is 0.0743. The van der Waals surface area contributed by atoms with Crippen LogP contribution in [-0.2, 0) is 4.74 Å². The zero-order valence-electron chi connectivity index (χ0n) is 9.94. The van der Waals surface area contributed by atoms with Crippen molar-refractivity contribution in [1.82, 2.24) is 5.32 Å². The number of carbonyl (C=O) groups excluding carboxylic acids is 1. The third-order valence-electron chi connectivity index (χ3n) is 2.67. The molecule has 4 heteroatoms. The fourth-order valence-electron chi connectivity index (χ4n) is 1.80. The Morgan fingerprint density at radius 2 is 2.24 bits per heavy atom. The fraction of sp³-hybridized carbons (Fsp3) is 0.462. The molecule has 1 aromatic carbocycles. The number of Topliss-reactive ketones (excluding diaryl/α,β-unsaturated/α-hetero) is 1. The third kappa shape index (κ3) is 3.31. The SMILES string of the molecule is CCSc1ccc(C(=O)C2CNCCO2)cc1. The summed E-state index contributed by atoms with van der Waals surface area (Å²) in [5, 5.41) is 3.17. The number of hydrogen-bond acceptors (Lipinski definition) is 4. The van der Waals surface area contributed by atoms with Gasteiger partial charge in [-0.25, -0.2) is 0 Å². The second kappa shape index (κ2) is 6.19. The Hall–Kier alpha value is -0.840. The van der Waals surface area contributed by atoms with Crippen LogP contribution in [0.1, 0.15) is 17.3 Å². The standard InChI is InChI=1S/C13H17NO2S/c1-2-17-11-5-3-10(4-6-11)13(15)12-9-14-7-8-16-12/h3-6,12,14H,2,7-9H2,1H3. The molecule has 1 fully saturated rings. The van der Waals surface area contributed by atoms with Crippen molar-refractivity contribution in [3.63, 3.8) is 0 Å². The summed E-state index contributed by atoms with van der Waals surface area (Å²) in [4.78, 5) is 13.3. The number of morpholine rings is 1. The molecule has 2 rings (SSSR count). The number of hydrogen-bond donors (Lipinski definition) is 1. The molecule has 1 saturated heterocycles. The highest BCUT2D eigenvalue weighted by Gasteiger charge is 2.22. The molecule has 0 radical (unpaired) electrons. The van der Waals surface area contributed by atoms with E-state index in [2.05, 4.69) is 12.2 Å². The van der Waals surface area contributed by atoms with Crippen LogP contribution in [0, 0.1) is 0 Å². The summed E-state index contributed by atoms with van der Waals surface area (Å²) in [7, 11) is 0. The Labute approximate surface area is 106 Å². The van der Waals surface area contributed by atoms with Crippen molar-refractivity contribution in [2.24, 2.45) is 0 Å². The smallest absolute Gasteiger partial charge is 0.192 e. The molecule has 1 unspecified atom stereocenters. The molecule has 0 spiro atoms. The first-order valence-corrected chi connectivity index (χ1v) is 6.89. The van der Waals surface area contributed by atoms with Crippen molar-refractivity contribution in [1.29, 1.82) is 0 Å². The van der Waals surface area contributed by atoms with Gasteiger partial charge in [-0.2, -0.15) is 0 Å². The second-order valence-electron chi connectivity index (χ2n) is 3.89. The summed E-state index contributed by atoms with van der Waals surface area (Å²) in [6.07, 6.45) is -0.326. The van der Waals surface area contributed by atoms with Gasteiger partial charge in [-0.05, 0) is 17.9 Å². The van der Waals surface area contributed by atoms with E-state index in [0.29, 0.717) is 13.2 Å². The van der Waals surface area contributed by atoms with E-state index in [9.17, 15) is 4.79 Å². The summed E-state index contributed by atoms with van der Waals surface area (Å²) >= 11 is 1.78. The van der Waals surface area contributed by atoms with E-state index in [1.165, 1.54) is 4.90 Å². The third-order valence-corrected chi connectivity index (χ3v) is 3.56. The van der Waals surface area contributed by atoms with E-state index in [1.807, 2.05) is 24.3 Å². The van der Waals surface area contributed by atoms with E-state index in [0.717, 1.165) is 17.9 Å². The van der Waals surface area contributed by atoms with Gasteiger partial charge in [-0.15, -0.1) is 11.8 Å². The van der Waals surface area contributed by atoms with Crippen LogP contribution in [0.3, 0.4) is 0 Å². The Morgan fingerprint density at radius 3 is 2.82 bits per heavy atom. The predicted octanol–water partition coefficient (Wildman–Crippen LogP) is 1.97. The molecular weight excluding hydrogens is 234 g/mol. The topological polar surface area (TPSA) is 38.3 Å². The molecule has 3 nitrogen and oxygen atoms in total. The second-order valence-corrected chi connectivity index (χ2v) is 5.22. The van der Waals surface area contributed by atoms with Crippen LogP contribution in [0.2, 0.25) is 0 Å². The highest BCUT2D eigenvalue weighted by Crippen LogP contribution is 2.18. The van der Waals surface area contributed by atoms with Crippen molar-refractivity contribution >= 4 is 17.5 Å². The van der Waals surface area contributed by atoms with Crippen LogP contribution in [0.5, 0.6) is 0 Å². The first-order chi connectivity index (χ1) is 8.31. The van der Waals surface area contributed by atoms with Gasteiger partial charge in [0.15, 0.2) is 5.78 Å². The quantitative estimate of drug-likeness (QED) is 0.656. The lowest BCUT2D eigenvalue weighted by Crippen LogP contribution is -2.43. The first kappa shape index (κ1) is 12.6. The van der Waals surface area contributed by atoms with Crippen LogP contribution in [0.25, 0.3) is 0 Å². The Kier molecular flexibility index (Phi) is 4.59. The van der Waals surface area contributed by atoms with E-state index >= 15 is 0 Å². The summed E-state index contributed by atoms with van der Waals surface area (Å²) in [5.41, 5.74) is 0.735. The van der Waals surface area contributed by atoms with Crippen molar-refractivity contribution in [3.05, 3.63) is 29.8 Å². The zero-order valence-corrected chi connectivity index (χ0v) is 10.8. The molecule has 1 heterocycles. The first-order valence-electron chi connectivity index (χ1n) is 5.90. The van der Waals surface area contributed by atoms with Gasteiger partial charge in [0.25, 0.3) is 0 Å². The monoisotopic (exact) mass is 251 g/mol. The van der Waals surface area contributed by atoms with Gasteiger partial charge in [0.05, 0.1) is 6.61 Å². The van der Waals surface area contributed by atoms with E-state index in [4.69, 9.17) is 4.74 Å². The average Bonchev–Trinajstić information content (AvgIpc) is 2.40. The van der Waals surface area contributed by atoms with Crippen LogP contribution in [-0.4, -0.2) is 37.3 Å². The van der Waals surface area contributed by atoms with Crippen molar-refractivity contribution in [2.75, 3.05) is 25.4 Å². The van der Waals surface area contributed by atoms with Crippen LogP contribution in [0.15, 0.2) is 29.2 Å². The molecule has 0 aliphatic carbocycles. The zero-order chi connectivity index (χ0) is 12.1. The van der Waals surface area contributed by atoms with Crippen LogP contribution < -0.4 is 5.32 Å². The largest absolute Gasteiger partial charge is 0.367 e. The van der Waals surface area contributed by atoms with Crippen LogP contribution in [0.4, 0.5) is 0 Å². The molecule has 1 N–H and O–H groups in total. The van der Waals surface area contributed by atoms with Gasteiger partial charge < -0.3 is 10.1 Å². The molecule has 0 aromatic heterocycles. The summed E-state index contributed by atoms with van der Waals surface area (Å²) in [6, 6.07) is 7.77. The maximum atomic E-state index is 12.1. The maximum Gasteiger partial charge on any atom is 0.192 e. The molecule has 1 aliphatic heterocycles. The number of nitrogens with one attached hydrogen (secondary N) is 1. The minimum atomic E-state index is -0.326.